The molecule has 0 radical (unpaired) electrons. The summed E-state index contributed by atoms with van der Waals surface area (Å²) in [6.07, 6.45) is 3.86. The highest BCUT2D eigenvalue weighted by atomic mass is 16.5. The van der Waals surface area contributed by atoms with Gasteiger partial charge in [0.1, 0.15) is 5.82 Å². The van der Waals surface area contributed by atoms with Crippen LogP contribution in [0.5, 0.6) is 0 Å². The molecule has 0 aliphatic carbocycles. The van der Waals surface area contributed by atoms with Crippen LogP contribution in [0.1, 0.15) is 44.0 Å². The van der Waals surface area contributed by atoms with Gasteiger partial charge in [0.15, 0.2) is 0 Å². The lowest BCUT2D eigenvalue weighted by molar-refractivity contribution is 0.0526. The number of nitrogens with zero attached hydrogens (tertiary/aromatic N) is 1. The normalized spacial score (nSPS) is 10.4. The maximum absolute atomic E-state index is 11.4. The van der Waals surface area contributed by atoms with Gasteiger partial charge in [-0.05, 0) is 25.0 Å². The number of anilines is 1. The zero-order valence-corrected chi connectivity index (χ0v) is 11.4. The quantitative estimate of drug-likeness (QED) is 0.755. The van der Waals surface area contributed by atoms with Gasteiger partial charge in [0.25, 0.3) is 0 Å². The van der Waals surface area contributed by atoms with Crippen LogP contribution in [0.2, 0.25) is 0 Å². The van der Waals surface area contributed by atoms with Gasteiger partial charge in [-0.3, -0.25) is 0 Å². The van der Waals surface area contributed by atoms with E-state index in [0.717, 1.165) is 25.2 Å². The first kappa shape index (κ1) is 14.5. The van der Waals surface area contributed by atoms with Crippen LogP contribution in [-0.2, 0) is 4.74 Å². The zero-order valence-electron chi connectivity index (χ0n) is 11.4. The average molecular weight is 250 g/mol. The molecule has 4 heteroatoms. The lowest BCUT2D eigenvalue weighted by atomic mass is 10.0. The molecule has 0 aliphatic heterocycles. The number of hydrogen-bond acceptors (Lipinski definition) is 4. The predicted octanol–water partition coefficient (Wildman–Crippen LogP) is 3.11. The third-order valence-corrected chi connectivity index (χ3v) is 3.00. The number of ether oxygens (including phenoxy) is 1. The van der Waals surface area contributed by atoms with Gasteiger partial charge < -0.3 is 10.1 Å². The molecule has 0 bridgehead atoms. The van der Waals surface area contributed by atoms with E-state index in [2.05, 4.69) is 24.1 Å². The molecule has 0 saturated carbocycles. The Hall–Kier alpha value is -1.58. The summed E-state index contributed by atoms with van der Waals surface area (Å²) in [6.45, 7) is 7.46. The monoisotopic (exact) mass is 250 g/mol. The van der Waals surface area contributed by atoms with Gasteiger partial charge in [-0.25, -0.2) is 9.78 Å². The Bertz CT molecular complexity index is 359. The fourth-order valence-electron chi connectivity index (χ4n) is 1.66. The van der Waals surface area contributed by atoms with Gasteiger partial charge in [-0.15, -0.1) is 0 Å². The Morgan fingerprint density at radius 1 is 1.33 bits per heavy atom. The topological polar surface area (TPSA) is 51.2 Å². The van der Waals surface area contributed by atoms with Gasteiger partial charge in [0.2, 0.25) is 0 Å². The maximum atomic E-state index is 11.4. The minimum atomic E-state index is -0.323. The van der Waals surface area contributed by atoms with Crippen molar-refractivity contribution in [2.75, 3.05) is 18.5 Å². The largest absolute Gasteiger partial charge is 0.462 e. The number of nitrogens with one attached hydrogen (secondary N) is 1. The molecule has 1 N–H and O–H groups in total. The summed E-state index contributed by atoms with van der Waals surface area (Å²) < 4.78 is 4.90. The van der Waals surface area contributed by atoms with Crippen molar-refractivity contribution < 1.29 is 9.53 Å². The molecule has 0 spiro atoms. The number of carbonyl (C=O) groups excluding carboxylic acids is 1. The molecule has 0 amide bonds. The number of aromatic nitrogens is 1. The molecule has 100 valence electrons. The second kappa shape index (κ2) is 7.69. The maximum Gasteiger partial charge on any atom is 0.339 e. The Labute approximate surface area is 109 Å². The highest BCUT2D eigenvalue weighted by Crippen LogP contribution is 2.10. The van der Waals surface area contributed by atoms with E-state index in [-0.39, 0.29) is 5.97 Å². The van der Waals surface area contributed by atoms with Crippen molar-refractivity contribution in [3.8, 4) is 0 Å². The Balaban J connectivity index is 2.52. The summed E-state index contributed by atoms with van der Waals surface area (Å²) in [5.41, 5.74) is 0.491. The standard InChI is InChI=1S/C14H22N2O2/c1-4-11(5-2)9-15-13-8-7-12(10-16-13)14(17)18-6-3/h7-8,10-11H,4-6,9H2,1-3H3,(H,15,16). The van der Waals surface area contributed by atoms with E-state index in [1.54, 1.807) is 19.2 Å². The van der Waals surface area contributed by atoms with E-state index >= 15 is 0 Å². The lowest BCUT2D eigenvalue weighted by Gasteiger charge is -2.13. The van der Waals surface area contributed by atoms with E-state index in [1.165, 1.54) is 0 Å². The highest BCUT2D eigenvalue weighted by Gasteiger charge is 2.07. The van der Waals surface area contributed by atoms with Crippen LogP contribution in [0, 0.1) is 5.92 Å². The first-order valence-electron chi connectivity index (χ1n) is 6.58. The van der Waals surface area contributed by atoms with Crippen LogP contribution in [0.3, 0.4) is 0 Å². The van der Waals surface area contributed by atoms with Gasteiger partial charge in [-0.2, -0.15) is 0 Å². The molecule has 1 heterocycles. The fraction of sp³-hybridized carbons (Fsp3) is 0.571. The summed E-state index contributed by atoms with van der Waals surface area (Å²) in [5.74, 6) is 1.14. The van der Waals surface area contributed by atoms with Crippen molar-refractivity contribution >= 4 is 11.8 Å². The third-order valence-electron chi connectivity index (χ3n) is 3.00. The highest BCUT2D eigenvalue weighted by molar-refractivity contribution is 5.89. The number of carbonyl (C=O) groups is 1. The molecule has 0 saturated heterocycles. The zero-order chi connectivity index (χ0) is 13.4. The second-order valence-electron chi connectivity index (χ2n) is 4.22. The van der Waals surface area contributed by atoms with Crippen molar-refractivity contribution in [3.63, 3.8) is 0 Å². The van der Waals surface area contributed by atoms with Gasteiger partial charge in [0.05, 0.1) is 12.2 Å². The van der Waals surface area contributed by atoms with Crippen molar-refractivity contribution in [1.82, 2.24) is 4.98 Å². The van der Waals surface area contributed by atoms with Crippen LogP contribution in [0.15, 0.2) is 18.3 Å². The van der Waals surface area contributed by atoms with Gasteiger partial charge in [0, 0.05) is 12.7 Å². The van der Waals surface area contributed by atoms with Crippen molar-refractivity contribution in [3.05, 3.63) is 23.9 Å². The van der Waals surface area contributed by atoms with Crippen molar-refractivity contribution in [2.24, 2.45) is 5.92 Å². The first-order valence-corrected chi connectivity index (χ1v) is 6.58. The predicted molar refractivity (Wildman–Crippen MR) is 72.8 cm³/mol. The van der Waals surface area contributed by atoms with Gasteiger partial charge >= 0.3 is 5.97 Å². The van der Waals surface area contributed by atoms with Crippen LogP contribution < -0.4 is 5.32 Å². The summed E-state index contributed by atoms with van der Waals surface area (Å²) in [5, 5.41) is 3.28. The van der Waals surface area contributed by atoms with E-state index < -0.39 is 0 Å². The summed E-state index contributed by atoms with van der Waals surface area (Å²) in [7, 11) is 0. The molecule has 4 nitrogen and oxygen atoms in total. The molecular formula is C14H22N2O2. The van der Waals surface area contributed by atoms with Crippen LogP contribution in [0.25, 0.3) is 0 Å². The summed E-state index contributed by atoms with van der Waals surface area (Å²) >= 11 is 0. The molecule has 1 aromatic heterocycles. The molecule has 18 heavy (non-hydrogen) atoms. The molecule has 0 atom stereocenters. The van der Waals surface area contributed by atoms with Crippen LogP contribution in [0.4, 0.5) is 5.82 Å². The summed E-state index contributed by atoms with van der Waals surface area (Å²) in [4.78, 5) is 15.6. The minimum absolute atomic E-state index is 0.323. The van der Waals surface area contributed by atoms with E-state index in [1.807, 2.05) is 6.07 Å². The van der Waals surface area contributed by atoms with E-state index in [9.17, 15) is 4.79 Å². The van der Waals surface area contributed by atoms with E-state index in [4.69, 9.17) is 4.74 Å². The van der Waals surface area contributed by atoms with Gasteiger partial charge in [-0.1, -0.05) is 26.7 Å². The molecule has 0 unspecified atom stereocenters. The molecule has 1 rings (SSSR count). The molecular weight excluding hydrogens is 228 g/mol. The smallest absolute Gasteiger partial charge is 0.339 e. The SMILES string of the molecule is CCOC(=O)c1ccc(NCC(CC)CC)nc1. The first-order chi connectivity index (χ1) is 8.71. The molecule has 0 fully saturated rings. The fourth-order valence-corrected chi connectivity index (χ4v) is 1.66. The van der Waals surface area contributed by atoms with Crippen molar-refractivity contribution in [2.45, 2.75) is 33.6 Å². The summed E-state index contributed by atoms with van der Waals surface area (Å²) in [6, 6.07) is 3.55. The van der Waals surface area contributed by atoms with E-state index in [0.29, 0.717) is 18.1 Å². The number of pyridine rings is 1. The Morgan fingerprint density at radius 2 is 2.06 bits per heavy atom. The van der Waals surface area contributed by atoms with Crippen LogP contribution in [-0.4, -0.2) is 24.1 Å². The number of esters is 1. The second-order valence-corrected chi connectivity index (χ2v) is 4.22. The lowest BCUT2D eigenvalue weighted by Crippen LogP contribution is -2.13. The molecule has 0 aliphatic rings. The third kappa shape index (κ3) is 4.35. The average Bonchev–Trinajstić information content (AvgIpc) is 2.41. The molecule has 0 aromatic carbocycles. The minimum Gasteiger partial charge on any atom is -0.462 e. The number of rotatable bonds is 7. The van der Waals surface area contributed by atoms with Crippen LogP contribution >= 0.6 is 0 Å². The Kier molecular flexibility index (Phi) is 6.19. The van der Waals surface area contributed by atoms with Crippen molar-refractivity contribution in [1.29, 1.82) is 0 Å². The number of hydrogen-bond donors (Lipinski definition) is 1. The Morgan fingerprint density at radius 3 is 2.56 bits per heavy atom. The molecule has 1 aromatic rings.